The fourth-order valence-corrected chi connectivity index (χ4v) is 5.75. The lowest BCUT2D eigenvalue weighted by atomic mass is 9.63. The number of ketones is 2. The number of Topliss-reactive ketones (excluding diaryl/α,β-unsaturated/α-hetero) is 2. The van der Waals surface area contributed by atoms with E-state index in [1.165, 1.54) is 6.07 Å². The maximum absolute atomic E-state index is 13.6. The van der Waals surface area contributed by atoms with E-state index in [9.17, 15) is 24.6 Å². The van der Waals surface area contributed by atoms with E-state index >= 15 is 0 Å². The summed E-state index contributed by atoms with van der Waals surface area (Å²) in [7, 11) is 0. The zero-order valence-corrected chi connectivity index (χ0v) is 20.3. The van der Waals surface area contributed by atoms with Crippen LogP contribution in [0.3, 0.4) is 0 Å². The minimum Gasteiger partial charge on any atom is -0.506 e. The summed E-state index contributed by atoms with van der Waals surface area (Å²) in [5.41, 5.74) is 2.90. The second-order valence-electron chi connectivity index (χ2n) is 11.0. The van der Waals surface area contributed by atoms with E-state index in [-0.39, 0.29) is 46.1 Å². The van der Waals surface area contributed by atoms with Crippen LogP contribution < -0.4 is 0 Å². The molecule has 0 fully saturated rings. The highest BCUT2D eigenvalue weighted by molar-refractivity contribution is 6.32. The predicted molar refractivity (Wildman–Crippen MR) is 125 cm³/mol. The molecular formula is C26H30ClNO5. The first-order valence-electron chi connectivity index (χ1n) is 11.3. The number of carboxylic acid groups (broad SMARTS) is 1. The maximum Gasteiger partial charge on any atom is 0.305 e. The number of carbonyl (C=O) groups is 3. The van der Waals surface area contributed by atoms with E-state index in [1.54, 1.807) is 12.1 Å². The van der Waals surface area contributed by atoms with E-state index in [0.29, 0.717) is 42.4 Å². The van der Waals surface area contributed by atoms with Gasteiger partial charge in [-0.15, -0.1) is 0 Å². The van der Waals surface area contributed by atoms with Gasteiger partial charge < -0.3 is 15.1 Å². The molecule has 0 saturated heterocycles. The molecule has 4 rings (SSSR count). The summed E-state index contributed by atoms with van der Waals surface area (Å²) >= 11 is 6.23. The third-order valence-electron chi connectivity index (χ3n) is 6.88. The summed E-state index contributed by atoms with van der Waals surface area (Å²) in [4.78, 5) is 40.5. The molecule has 0 aromatic heterocycles. The SMILES string of the molecule is CC1(C)CC(=O)C2=C(C1)N(CCC(=O)O)C1=C(C(=O)CC(C)(C)C1)C2c1ccc(O)c(Cl)c1. The molecule has 2 N–H and O–H groups in total. The minimum atomic E-state index is -0.922. The molecule has 0 atom stereocenters. The van der Waals surface area contributed by atoms with Crippen molar-refractivity contribution in [2.45, 2.75) is 65.7 Å². The zero-order valence-electron chi connectivity index (χ0n) is 19.5. The van der Waals surface area contributed by atoms with Gasteiger partial charge in [-0.25, -0.2) is 0 Å². The van der Waals surface area contributed by atoms with Crippen molar-refractivity contribution in [3.63, 3.8) is 0 Å². The summed E-state index contributed by atoms with van der Waals surface area (Å²) in [6.07, 6.45) is 1.84. The van der Waals surface area contributed by atoms with E-state index < -0.39 is 11.9 Å². The van der Waals surface area contributed by atoms with Crippen molar-refractivity contribution in [3.05, 3.63) is 51.3 Å². The number of halogens is 1. The van der Waals surface area contributed by atoms with E-state index in [0.717, 1.165) is 11.4 Å². The lowest BCUT2D eigenvalue weighted by molar-refractivity contribution is -0.137. The lowest BCUT2D eigenvalue weighted by Crippen LogP contribution is -2.45. The summed E-state index contributed by atoms with van der Waals surface area (Å²) < 4.78 is 0. The standard InChI is InChI=1S/C26H30ClNO5/c1-25(2)10-16-23(19(30)12-25)22(14-5-6-18(29)15(27)9-14)24-17(28(16)8-7-21(32)33)11-26(3,4)13-20(24)31/h5-6,9,22,29H,7-8,10-13H2,1-4H3,(H,32,33). The highest BCUT2D eigenvalue weighted by atomic mass is 35.5. The molecule has 0 radical (unpaired) electrons. The Morgan fingerprint density at radius 2 is 1.52 bits per heavy atom. The molecule has 0 saturated carbocycles. The molecule has 33 heavy (non-hydrogen) atoms. The number of phenols is 1. The summed E-state index contributed by atoms with van der Waals surface area (Å²) in [5, 5.41) is 19.5. The molecular weight excluding hydrogens is 442 g/mol. The number of rotatable bonds is 4. The first kappa shape index (κ1) is 23.6. The van der Waals surface area contributed by atoms with Gasteiger partial charge in [-0.3, -0.25) is 14.4 Å². The van der Waals surface area contributed by atoms with Crippen LogP contribution in [0.4, 0.5) is 0 Å². The number of nitrogens with zero attached hydrogens (tertiary/aromatic N) is 1. The van der Waals surface area contributed by atoms with Crippen molar-refractivity contribution in [2.75, 3.05) is 6.54 Å². The van der Waals surface area contributed by atoms with E-state index in [2.05, 4.69) is 0 Å². The Bertz CT molecular complexity index is 1070. The first-order valence-corrected chi connectivity index (χ1v) is 11.7. The van der Waals surface area contributed by atoms with Gasteiger partial charge in [0.1, 0.15) is 5.75 Å². The molecule has 1 aromatic carbocycles. The van der Waals surface area contributed by atoms with Crippen molar-refractivity contribution >= 4 is 29.1 Å². The molecule has 7 heteroatoms. The molecule has 2 aliphatic carbocycles. The van der Waals surface area contributed by atoms with Crippen LogP contribution in [0.2, 0.25) is 5.02 Å². The van der Waals surface area contributed by atoms with Gasteiger partial charge in [0, 0.05) is 47.8 Å². The average molecular weight is 472 g/mol. The number of allylic oxidation sites excluding steroid dienone is 4. The van der Waals surface area contributed by atoms with Crippen molar-refractivity contribution in [1.29, 1.82) is 0 Å². The highest BCUT2D eigenvalue weighted by Crippen LogP contribution is 2.54. The van der Waals surface area contributed by atoms with Gasteiger partial charge in [0.2, 0.25) is 0 Å². The van der Waals surface area contributed by atoms with E-state index in [4.69, 9.17) is 11.6 Å². The van der Waals surface area contributed by atoms with E-state index in [1.807, 2.05) is 32.6 Å². The summed E-state index contributed by atoms with van der Waals surface area (Å²) in [5.74, 6) is -1.61. The fraction of sp³-hybridized carbons (Fsp3) is 0.500. The Hall–Kier alpha value is -2.60. The van der Waals surface area contributed by atoms with Crippen LogP contribution in [0.5, 0.6) is 5.75 Å². The zero-order chi connectivity index (χ0) is 24.3. The number of hydrogen-bond acceptors (Lipinski definition) is 5. The number of aromatic hydroxyl groups is 1. The molecule has 6 nitrogen and oxygen atoms in total. The molecule has 0 bridgehead atoms. The fourth-order valence-electron chi connectivity index (χ4n) is 5.56. The molecule has 1 aliphatic heterocycles. The largest absolute Gasteiger partial charge is 0.506 e. The van der Waals surface area contributed by atoms with Crippen molar-refractivity contribution in [1.82, 2.24) is 4.90 Å². The average Bonchev–Trinajstić information content (AvgIpc) is 2.66. The lowest BCUT2D eigenvalue weighted by Gasteiger charge is -2.49. The van der Waals surface area contributed by atoms with Crippen molar-refractivity contribution in [2.24, 2.45) is 10.8 Å². The minimum absolute atomic E-state index is 0.0278. The second-order valence-corrected chi connectivity index (χ2v) is 11.4. The Morgan fingerprint density at radius 1 is 1.00 bits per heavy atom. The molecule has 0 spiro atoms. The first-order chi connectivity index (χ1) is 15.3. The summed E-state index contributed by atoms with van der Waals surface area (Å²) in [6, 6.07) is 4.83. The number of aliphatic carboxylic acids is 1. The van der Waals surface area contributed by atoms with Gasteiger partial charge in [-0.05, 0) is 41.4 Å². The van der Waals surface area contributed by atoms with Crippen LogP contribution in [0.1, 0.15) is 71.3 Å². The summed E-state index contributed by atoms with van der Waals surface area (Å²) in [6.45, 7) is 8.36. The molecule has 3 aliphatic rings. The van der Waals surface area contributed by atoms with Gasteiger partial charge in [0.25, 0.3) is 0 Å². The Morgan fingerprint density at radius 3 is 1.97 bits per heavy atom. The third kappa shape index (κ3) is 4.33. The third-order valence-corrected chi connectivity index (χ3v) is 7.18. The molecule has 176 valence electrons. The number of carbonyl (C=O) groups excluding carboxylic acids is 2. The van der Waals surface area contributed by atoms with Crippen molar-refractivity contribution in [3.8, 4) is 5.75 Å². The number of carboxylic acids is 1. The molecule has 1 aromatic rings. The number of phenolic OH excluding ortho intramolecular Hbond substituents is 1. The van der Waals surface area contributed by atoms with Gasteiger partial charge in [-0.1, -0.05) is 45.4 Å². The van der Waals surface area contributed by atoms with Crippen LogP contribution >= 0.6 is 11.6 Å². The molecule has 0 unspecified atom stereocenters. The van der Waals surface area contributed by atoms with Crippen molar-refractivity contribution < 1.29 is 24.6 Å². The second kappa shape index (κ2) is 8.01. The Kier molecular flexibility index (Phi) is 5.72. The topological polar surface area (TPSA) is 94.9 Å². The quantitative estimate of drug-likeness (QED) is 0.626. The van der Waals surface area contributed by atoms with Crippen LogP contribution in [-0.4, -0.2) is 39.2 Å². The van der Waals surface area contributed by atoms with Crippen LogP contribution in [0, 0.1) is 10.8 Å². The molecule has 0 amide bonds. The number of hydrogen-bond donors (Lipinski definition) is 2. The van der Waals surface area contributed by atoms with Crippen LogP contribution in [0.15, 0.2) is 40.7 Å². The molecule has 1 heterocycles. The Balaban J connectivity index is 1.99. The van der Waals surface area contributed by atoms with Crippen LogP contribution in [0.25, 0.3) is 0 Å². The predicted octanol–water partition coefficient (Wildman–Crippen LogP) is 5.21. The van der Waals surface area contributed by atoms with Gasteiger partial charge >= 0.3 is 5.97 Å². The van der Waals surface area contributed by atoms with Gasteiger partial charge in [0.05, 0.1) is 11.4 Å². The highest BCUT2D eigenvalue weighted by Gasteiger charge is 2.48. The van der Waals surface area contributed by atoms with Gasteiger partial charge in [0.15, 0.2) is 11.6 Å². The maximum atomic E-state index is 13.6. The van der Waals surface area contributed by atoms with Crippen LogP contribution in [-0.2, 0) is 14.4 Å². The monoisotopic (exact) mass is 471 g/mol. The Labute approximate surface area is 198 Å². The number of benzene rings is 1. The smallest absolute Gasteiger partial charge is 0.305 e. The van der Waals surface area contributed by atoms with Gasteiger partial charge in [-0.2, -0.15) is 0 Å². The normalized spacial score (nSPS) is 22.4.